The first-order chi connectivity index (χ1) is 14.9. The first-order valence-electron chi connectivity index (χ1n) is 10.1. The summed E-state index contributed by atoms with van der Waals surface area (Å²) in [7, 11) is 0. The molecule has 0 spiro atoms. The number of hydrogen-bond donors (Lipinski definition) is 2. The van der Waals surface area contributed by atoms with E-state index in [0.717, 1.165) is 17.7 Å². The van der Waals surface area contributed by atoms with Crippen LogP contribution < -0.4 is 20.7 Å². The number of alkyl halides is 2. The number of carbonyl (C=O) groups is 2. The zero-order chi connectivity index (χ0) is 21.7. The summed E-state index contributed by atoms with van der Waals surface area (Å²) in [6, 6.07) is 3.52. The molecule has 2 amide bonds. The second kappa shape index (κ2) is 7.40. The van der Waals surface area contributed by atoms with Crippen molar-refractivity contribution in [1.29, 1.82) is 0 Å². The average Bonchev–Trinajstić information content (AvgIpc) is 3.41. The van der Waals surface area contributed by atoms with Crippen molar-refractivity contribution in [3.8, 4) is 17.1 Å². The largest absolute Gasteiger partial charge is 0.491 e. The number of primary amides is 1. The topological polar surface area (TPSA) is 112 Å². The summed E-state index contributed by atoms with van der Waals surface area (Å²) >= 11 is 0. The molecule has 3 aliphatic rings. The van der Waals surface area contributed by atoms with E-state index in [0.29, 0.717) is 36.0 Å². The van der Waals surface area contributed by atoms with E-state index < -0.39 is 30.5 Å². The summed E-state index contributed by atoms with van der Waals surface area (Å²) in [6.07, 6.45) is -0.117. The number of nitrogens with one attached hydrogen (secondary N) is 1. The zero-order valence-corrected chi connectivity index (χ0v) is 16.5. The van der Waals surface area contributed by atoms with Gasteiger partial charge in [0.2, 0.25) is 5.91 Å². The van der Waals surface area contributed by atoms with Gasteiger partial charge < -0.3 is 25.1 Å². The second-order valence-electron chi connectivity index (χ2n) is 7.89. The molecule has 1 saturated carbocycles. The lowest BCUT2D eigenvalue weighted by atomic mass is 10.1. The Kier molecular flexibility index (Phi) is 4.67. The Balaban J connectivity index is 1.46. The Labute approximate surface area is 176 Å². The molecular weight excluding hydrogens is 412 g/mol. The first kappa shape index (κ1) is 19.6. The van der Waals surface area contributed by atoms with Gasteiger partial charge >= 0.3 is 6.09 Å². The van der Waals surface area contributed by atoms with Crippen molar-refractivity contribution in [1.82, 2.24) is 9.55 Å². The molecule has 0 bridgehead atoms. The molecule has 1 aromatic heterocycles. The van der Waals surface area contributed by atoms with E-state index in [1.165, 1.54) is 0 Å². The van der Waals surface area contributed by atoms with E-state index in [-0.39, 0.29) is 18.3 Å². The van der Waals surface area contributed by atoms with Crippen LogP contribution in [0.25, 0.3) is 11.4 Å². The van der Waals surface area contributed by atoms with Gasteiger partial charge in [0.25, 0.3) is 6.43 Å². The van der Waals surface area contributed by atoms with Gasteiger partial charge in [-0.3, -0.25) is 4.79 Å². The normalized spacial score (nSPS) is 21.1. The van der Waals surface area contributed by atoms with Gasteiger partial charge in [-0.05, 0) is 30.9 Å². The quantitative estimate of drug-likeness (QED) is 0.723. The molecule has 3 heterocycles. The molecule has 3 N–H and O–H groups in total. The van der Waals surface area contributed by atoms with Gasteiger partial charge in [0.05, 0.1) is 12.1 Å². The van der Waals surface area contributed by atoms with E-state index in [1.807, 2.05) is 0 Å². The minimum Gasteiger partial charge on any atom is -0.491 e. The van der Waals surface area contributed by atoms with Gasteiger partial charge in [-0.15, -0.1) is 0 Å². The molecule has 2 fully saturated rings. The number of rotatable bonds is 6. The Morgan fingerprint density at radius 2 is 2.10 bits per heavy atom. The predicted molar refractivity (Wildman–Crippen MR) is 106 cm³/mol. The molecule has 11 heteroatoms. The van der Waals surface area contributed by atoms with Crippen LogP contribution in [0.4, 0.5) is 25.1 Å². The highest BCUT2D eigenvalue weighted by atomic mass is 19.3. The Bertz CT molecular complexity index is 1040. The average molecular weight is 433 g/mol. The third kappa shape index (κ3) is 3.53. The Morgan fingerprint density at radius 3 is 2.81 bits per heavy atom. The molecule has 1 saturated heterocycles. The van der Waals surface area contributed by atoms with Gasteiger partial charge in [-0.2, -0.15) is 0 Å². The van der Waals surface area contributed by atoms with Crippen molar-refractivity contribution in [3.63, 3.8) is 0 Å². The lowest BCUT2D eigenvalue weighted by Crippen LogP contribution is -2.38. The van der Waals surface area contributed by atoms with Crippen LogP contribution in [-0.2, 0) is 16.1 Å². The summed E-state index contributed by atoms with van der Waals surface area (Å²) in [5.41, 5.74) is 6.86. The third-order valence-electron chi connectivity index (χ3n) is 5.74. The Morgan fingerprint density at radius 1 is 1.29 bits per heavy atom. The lowest BCUT2D eigenvalue weighted by Gasteiger charge is -2.18. The van der Waals surface area contributed by atoms with E-state index in [9.17, 15) is 18.4 Å². The van der Waals surface area contributed by atoms with Gasteiger partial charge in [0.15, 0.2) is 5.82 Å². The van der Waals surface area contributed by atoms with E-state index >= 15 is 0 Å². The van der Waals surface area contributed by atoms with Crippen molar-refractivity contribution in [2.24, 2.45) is 11.7 Å². The highest BCUT2D eigenvalue weighted by Crippen LogP contribution is 2.38. The molecule has 2 aliphatic heterocycles. The maximum atomic E-state index is 13.3. The second-order valence-corrected chi connectivity index (χ2v) is 7.89. The molecular formula is C20H21F2N5O4. The number of nitrogens with two attached hydrogens (primary N) is 1. The molecule has 31 heavy (non-hydrogen) atoms. The SMILES string of the molecule is NC(=O)[C@@H](Nc1ccc2c(c1)OCCn1cc(N3C(=O)OC[C@H]3C(F)F)nc1-2)C1CC1. The maximum Gasteiger partial charge on any atom is 0.416 e. The summed E-state index contributed by atoms with van der Waals surface area (Å²) in [4.78, 5) is 29.1. The number of hydrogen-bond acceptors (Lipinski definition) is 6. The fourth-order valence-electron chi connectivity index (χ4n) is 3.99. The highest BCUT2D eigenvalue weighted by molar-refractivity contribution is 5.90. The summed E-state index contributed by atoms with van der Waals surface area (Å²) in [6.45, 7) is 0.368. The lowest BCUT2D eigenvalue weighted by molar-refractivity contribution is -0.119. The van der Waals surface area contributed by atoms with Crippen LogP contribution in [0.2, 0.25) is 0 Å². The van der Waals surface area contributed by atoms with E-state index in [4.69, 9.17) is 15.2 Å². The van der Waals surface area contributed by atoms with Crippen LogP contribution in [0.5, 0.6) is 5.75 Å². The number of cyclic esters (lactones) is 1. The van der Waals surface area contributed by atoms with Crippen LogP contribution >= 0.6 is 0 Å². The number of amides is 2. The molecule has 2 aromatic rings. The van der Waals surface area contributed by atoms with Gasteiger partial charge in [-0.1, -0.05) is 0 Å². The van der Waals surface area contributed by atoms with Crippen molar-refractivity contribution in [3.05, 3.63) is 24.4 Å². The zero-order valence-electron chi connectivity index (χ0n) is 16.5. The Hall–Kier alpha value is -3.37. The van der Waals surface area contributed by atoms with Gasteiger partial charge in [0, 0.05) is 18.0 Å². The van der Waals surface area contributed by atoms with Crippen LogP contribution in [0.1, 0.15) is 12.8 Å². The monoisotopic (exact) mass is 433 g/mol. The van der Waals surface area contributed by atoms with Gasteiger partial charge in [0.1, 0.15) is 36.9 Å². The van der Waals surface area contributed by atoms with Crippen molar-refractivity contribution < 1.29 is 27.8 Å². The van der Waals surface area contributed by atoms with Crippen molar-refractivity contribution >= 4 is 23.5 Å². The molecule has 2 atom stereocenters. The van der Waals surface area contributed by atoms with E-state index in [2.05, 4.69) is 10.3 Å². The fraction of sp³-hybridized carbons (Fsp3) is 0.450. The minimum atomic E-state index is -2.75. The molecule has 5 rings (SSSR count). The molecule has 0 radical (unpaired) electrons. The van der Waals surface area contributed by atoms with Crippen molar-refractivity contribution in [2.45, 2.75) is 37.9 Å². The maximum absolute atomic E-state index is 13.3. The standard InChI is InChI=1S/C20H21F2N5O4/c21-17(22)13-9-31-20(29)27(13)15-8-26-5-6-30-14-7-11(3-4-12(14)19(26)25-15)24-16(18(23)28)10-1-2-10/h3-4,7-8,10,13,16-17,24H,1-2,5-6,9H2,(H2,23,28)/t13-,16-/m0/s1. The number of halogens is 2. The summed E-state index contributed by atoms with van der Waals surface area (Å²) < 4.78 is 39.1. The number of aromatic nitrogens is 2. The minimum absolute atomic E-state index is 0.111. The van der Waals surface area contributed by atoms with Gasteiger partial charge in [-0.25, -0.2) is 23.5 Å². The molecule has 164 valence electrons. The molecule has 1 aliphatic carbocycles. The molecule has 1 aromatic carbocycles. The fourth-order valence-corrected chi connectivity index (χ4v) is 3.99. The van der Waals surface area contributed by atoms with Crippen LogP contribution in [0.15, 0.2) is 24.4 Å². The highest BCUT2D eigenvalue weighted by Gasteiger charge is 2.42. The molecule has 9 nitrogen and oxygen atoms in total. The number of fused-ring (bicyclic) bond motifs is 3. The number of ether oxygens (including phenoxy) is 2. The number of imidazole rings is 1. The predicted octanol–water partition coefficient (Wildman–Crippen LogP) is 2.21. The van der Waals surface area contributed by atoms with Crippen LogP contribution in [0, 0.1) is 5.92 Å². The van der Waals surface area contributed by atoms with E-state index in [1.54, 1.807) is 29.0 Å². The van der Waals surface area contributed by atoms with Crippen LogP contribution in [-0.4, -0.2) is 53.3 Å². The number of anilines is 2. The first-order valence-corrected chi connectivity index (χ1v) is 10.1. The number of nitrogens with zero attached hydrogens (tertiary/aromatic N) is 3. The smallest absolute Gasteiger partial charge is 0.416 e. The third-order valence-corrected chi connectivity index (χ3v) is 5.74. The van der Waals surface area contributed by atoms with Crippen LogP contribution in [0.3, 0.4) is 0 Å². The van der Waals surface area contributed by atoms with Crippen molar-refractivity contribution in [2.75, 3.05) is 23.4 Å². The number of benzene rings is 1. The molecule has 0 unspecified atom stereocenters. The summed E-state index contributed by atoms with van der Waals surface area (Å²) in [5.74, 6) is 0.983. The summed E-state index contributed by atoms with van der Waals surface area (Å²) in [5, 5.41) is 3.17. The number of carbonyl (C=O) groups excluding carboxylic acids is 2.